The second-order valence-corrected chi connectivity index (χ2v) is 5.32. The van der Waals surface area contributed by atoms with E-state index in [4.69, 9.17) is 16.3 Å². The van der Waals surface area contributed by atoms with Gasteiger partial charge in [-0.1, -0.05) is 46.4 Å². The van der Waals surface area contributed by atoms with Crippen LogP contribution >= 0.6 is 27.5 Å². The van der Waals surface area contributed by atoms with Crippen LogP contribution in [0.15, 0.2) is 18.2 Å². The molecule has 1 saturated carbocycles. The molecule has 0 unspecified atom stereocenters. The SMILES string of the molecule is Clc1cc(OCC2CCCC2)ccc1CBr. The third-order valence-corrected chi connectivity index (χ3v) is 4.08. The summed E-state index contributed by atoms with van der Waals surface area (Å²) < 4.78 is 5.77. The lowest BCUT2D eigenvalue weighted by Crippen LogP contribution is -2.07. The first-order chi connectivity index (χ1) is 7.79. The Morgan fingerprint density at radius 3 is 2.69 bits per heavy atom. The van der Waals surface area contributed by atoms with E-state index < -0.39 is 0 Å². The van der Waals surface area contributed by atoms with Gasteiger partial charge in [-0.05, 0) is 36.5 Å². The van der Waals surface area contributed by atoms with Gasteiger partial charge in [0.2, 0.25) is 0 Å². The second-order valence-electron chi connectivity index (χ2n) is 4.35. The van der Waals surface area contributed by atoms with Crippen LogP contribution in [0.4, 0.5) is 0 Å². The van der Waals surface area contributed by atoms with Gasteiger partial charge in [-0.25, -0.2) is 0 Å². The fraction of sp³-hybridized carbons (Fsp3) is 0.538. The van der Waals surface area contributed by atoms with Crippen molar-refractivity contribution in [3.05, 3.63) is 28.8 Å². The maximum absolute atomic E-state index is 6.11. The molecule has 0 aliphatic heterocycles. The average molecular weight is 304 g/mol. The summed E-state index contributed by atoms with van der Waals surface area (Å²) >= 11 is 9.52. The van der Waals surface area contributed by atoms with Crippen molar-refractivity contribution in [3.8, 4) is 5.75 Å². The van der Waals surface area contributed by atoms with Crippen LogP contribution in [0.1, 0.15) is 31.2 Å². The lowest BCUT2D eigenvalue weighted by atomic mass is 10.1. The van der Waals surface area contributed by atoms with Crippen LogP contribution in [-0.2, 0) is 5.33 Å². The molecule has 0 N–H and O–H groups in total. The van der Waals surface area contributed by atoms with Gasteiger partial charge < -0.3 is 4.74 Å². The van der Waals surface area contributed by atoms with Crippen LogP contribution in [0.2, 0.25) is 5.02 Å². The predicted octanol–water partition coefficient (Wildman–Crippen LogP) is 4.80. The highest BCUT2D eigenvalue weighted by Crippen LogP contribution is 2.28. The van der Waals surface area contributed by atoms with Crippen molar-refractivity contribution in [3.63, 3.8) is 0 Å². The van der Waals surface area contributed by atoms with Gasteiger partial charge in [-0.2, -0.15) is 0 Å². The Morgan fingerprint density at radius 1 is 1.31 bits per heavy atom. The van der Waals surface area contributed by atoms with Crippen LogP contribution < -0.4 is 4.74 Å². The largest absolute Gasteiger partial charge is 0.493 e. The van der Waals surface area contributed by atoms with Gasteiger partial charge >= 0.3 is 0 Å². The summed E-state index contributed by atoms with van der Waals surface area (Å²) in [6.07, 6.45) is 5.34. The summed E-state index contributed by atoms with van der Waals surface area (Å²) in [5.74, 6) is 1.64. The number of halogens is 2. The summed E-state index contributed by atoms with van der Waals surface area (Å²) in [5.41, 5.74) is 1.11. The normalized spacial score (nSPS) is 16.6. The maximum Gasteiger partial charge on any atom is 0.120 e. The van der Waals surface area contributed by atoms with Crippen molar-refractivity contribution >= 4 is 27.5 Å². The zero-order valence-electron chi connectivity index (χ0n) is 9.22. The molecule has 88 valence electrons. The number of rotatable bonds is 4. The minimum absolute atomic E-state index is 0.745. The quantitative estimate of drug-likeness (QED) is 0.726. The first-order valence-electron chi connectivity index (χ1n) is 5.77. The van der Waals surface area contributed by atoms with E-state index in [1.807, 2.05) is 18.2 Å². The molecule has 0 aromatic heterocycles. The summed E-state index contributed by atoms with van der Waals surface area (Å²) in [6, 6.07) is 5.92. The highest BCUT2D eigenvalue weighted by Gasteiger charge is 2.15. The zero-order chi connectivity index (χ0) is 11.4. The van der Waals surface area contributed by atoms with Crippen LogP contribution in [0.5, 0.6) is 5.75 Å². The Balaban J connectivity index is 1.91. The Bertz CT molecular complexity index is 348. The molecule has 1 aromatic carbocycles. The van der Waals surface area contributed by atoms with Crippen LogP contribution in [0.3, 0.4) is 0 Å². The summed E-state index contributed by atoms with van der Waals surface area (Å²) in [5, 5.41) is 1.56. The highest BCUT2D eigenvalue weighted by molar-refractivity contribution is 9.08. The minimum Gasteiger partial charge on any atom is -0.493 e. The zero-order valence-corrected chi connectivity index (χ0v) is 11.6. The van der Waals surface area contributed by atoms with Gasteiger partial charge in [0.25, 0.3) is 0 Å². The first kappa shape index (κ1) is 12.3. The molecule has 0 bridgehead atoms. The van der Waals surface area contributed by atoms with E-state index in [9.17, 15) is 0 Å². The molecular weight excluding hydrogens is 287 g/mol. The van der Waals surface area contributed by atoms with Gasteiger partial charge in [0, 0.05) is 10.4 Å². The molecule has 0 spiro atoms. The summed E-state index contributed by atoms with van der Waals surface area (Å²) in [4.78, 5) is 0. The van der Waals surface area contributed by atoms with Crippen molar-refractivity contribution < 1.29 is 4.74 Å². The average Bonchev–Trinajstić information content (AvgIpc) is 2.79. The van der Waals surface area contributed by atoms with E-state index in [2.05, 4.69) is 15.9 Å². The molecular formula is C13H16BrClO. The molecule has 0 amide bonds. The van der Waals surface area contributed by atoms with E-state index >= 15 is 0 Å². The van der Waals surface area contributed by atoms with E-state index in [1.165, 1.54) is 25.7 Å². The third-order valence-electron chi connectivity index (χ3n) is 3.13. The number of ether oxygens (including phenoxy) is 1. The summed E-state index contributed by atoms with van der Waals surface area (Å²) in [6.45, 7) is 0.837. The Kier molecular flexibility index (Phi) is 4.54. The number of benzene rings is 1. The fourth-order valence-corrected chi connectivity index (χ4v) is 3.01. The monoisotopic (exact) mass is 302 g/mol. The Morgan fingerprint density at radius 2 is 2.06 bits per heavy atom. The molecule has 3 heteroatoms. The third kappa shape index (κ3) is 3.14. The van der Waals surface area contributed by atoms with Crippen molar-refractivity contribution in [2.75, 3.05) is 6.61 Å². The molecule has 2 rings (SSSR count). The van der Waals surface area contributed by atoms with Gasteiger partial charge in [-0.15, -0.1) is 0 Å². The minimum atomic E-state index is 0.745. The number of alkyl halides is 1. The van der Waals surface area contributed by atoms with Crippen molar-refractivity contribution in [2.24, 2.45) is 5.92 Å². The molecule has 1 aliphatic carbocycles. The predicted molar refractivity (Wildman–Crippen MR) is 71.5 cm³/mol. The van der Waals surface area contributed by atoms with E-state index in [0.717, 1.165) is 34.2 Å². The Hall–Kier alpha value is -0.210. The molecule has 1 fully saturated rings. The van der Waals surface area contributed by atoms with Gasteiger partial charge in [0.1, 0.15) is 5.75 Å². The molecule has 0 radical (unpaired) electrons. The van der Waals surface area contributed by atoms with Crippen LogP contribution in [0.25, 0.3) is 0 Å². The molecule has 0 atom stereocenters. The van der Waals surface area contributed by atoms with Crippen LogP contribution in [-0.4, -0.2) is 6.61 Å². The van der Waals surface area contributed by atoms with E-state index in [-0.39, 0.29) is 0 Å². The summed E-state index contributed by atoms with van der Waals surface area (Å²) in [7, 11) is 0. The smallest absolute Gasteiger partial charge is 0.120 e. The van der Waals surface area contributed by atoms with Crippen LogP contribution in [0, 0.1) is 5.92 Å². The standard InChI is InChI=1S/C13H16BrClO/c14-8-11-5-6-12(7-13(11)15)16-9-10-3-1-2-4-10/h5-7,10H,1-4,8-9H2. The van der Waals surface area contributed by atoms with E-state index in [1.54, 1.807) is 0 Å². The van der Waals surface area contributed by atoms with Gasteiger partial charge in [0.15, 0.2) is 0 Å². The molecule has 1 aromatic rings. The lowest BCUT2D eigenvalue weighted by molar-refractivity contribution is 0.252. The molecule has 0 saturated heterocycles. The first-order valence-corrected chi connectivity index (χ1v) is 7.26. The molecule has 16 heavy (non-hydrogen) atoms. The molecule has 0 heterocycles. The number of hydrogen-bond donors (Lipinski definition) is 0. The number of hydrogen-bond acceptors (Lipinski definition) is 1. The fourth-order valence-electron chi connectivity index (χ4n) is 2.12. The molecule has 1 aliphatic rings. The van der Waals surface area contributed by atoms with Crippen molar-refractivity contribution in [1.82, 2.24) is 0 Å². The van der Waals surface area contributed by atoms with E-state index in [0.29, 0.717) is 0 Å². The molecule has 1 nitrogen and oxygen atoms in total. The van der Waals surface area contributed by atoms with Gasteiger partial charge in [0.05, 0.1) is 6.61 Å². The van der Waals surface area contributed by atoms with Crippen molar-refractivity contribution in [2.45, 2.75) is 31.0 Å². The van der Waals surface area contributed by atoms with Gasteiger partial charge in [-0.3, -0.25) is 0 Å². The maximum atomic E-state index is 6.11. The Labute approximate surface area is 110 Å². The highest BCUT2D eigenvalue weighted by atomic mass is 79.9. The second kappa shape index (κ2) is 5.92. The lowest BCUT2D eigenvalue weighted by Gasteiger charge is -2.12. The topological polar surface area (TPSA) is 9.23 Å². The van der Waals surface area contributed by atoms with Crippen molar-refractivity contribution in [1.29, 1.82) is 0 Å².